The lowest BCUT2D eigenvalue weighted by atomic mass is 9.87. The molecular formula is C34H40ClN5O3. The van der Waals surface area contributed by atoms with E-state index in [9.17, 15) is 9.59 Å². The Hall–Kier alpha value is -3.88. The Balaban J connectivity index is 1.42. The molecule has 3 aromatic carbocycles. The molecule has 5 rings (SSSR count). The molecule has 0 spiro atoms. The molecule has 1 fully saturated rings. The quantitative estimate of drug-likeness (QED) is 0.211. The van der Waals surface area contributed by atoms with E-state index in [2.05, 4.69) is 42.9 Å². The van der Waals surface area contributed by atoms with Crippen LogP contribution in [0.5, 0.6) is 0 Å². The summed E-state index contributed by atoms with van der Waals surface area (Å²) >= 11 is 6.02. The molecule has 1 aromatic heterocycles. The van der Waals surface area contributed by atoms with E-state index in [1.54, 1.807) is 29.2 Å². The first-order valence-electron chi connectivity index (χ1n) is 14.9. The van der Waals surface area contributed by atoms with Crippen LogP contribution in [-0.2, 0) is 24.4 Å². The van der Waals surface area contributed by atoms with Crippen LogP contribution >= 0.6 is 11.6 Å². The number of imidazole rings is 1. The third-order valence-corrected chi connectivity index (χ3v) is 8.48. The molecule has 1 saturated heterocycles. The third kappa shape index (κ3) is 7.56. The van der Waals surface area contributed by atoms with Crippen molar-refractivity contribution < 1.29 is 14.3 Å². The van der Waals surface area contributed by atoms with E-state index in [1.165, 1.54) is 0 Å². The van der Waals surface area contributed by atoms with Gasteiger partial charge >= 0.3 is 6.09 Å². The first-order chi connectivity index (χ1) is 20.6. The number of carbonyl (C=O) groups excluding carboxylic acids is 2. The first-order valence-corrected chi connectivity index (χ1v) is 15.2. The number of benzene rings is 3. The van der Waals surface area contributed by atoms with Crippen LogP contribution in [-0.4, -0.2) is 45.1 Å². The Morgan fingerprint density at radius 2 is 1.84 bits per heavy atom. The van der Waals surface area contributed by atoms with E-state index in [-0.39, 0.29) is 30.1 Å². The summed E-state index contributed by atoms with van der Waals surface area (Å²) in [6, 6.07) is 22.7. The van der Waals surface area contributed by atoms with Crippen LogP contribution in [0.1, 0.15) is 62.0 Å². The number of rotatable bonds is 9. The average molecular weight is 602 g/mol. The summed E-state index contributed by atoms with van der Waals surface area (Å²) in [5, 5.41) is 7.13. The fourth-order valence-electron chi connectivity index (χ4n) is 5.29. The van der Waals surface area contributed by atoms with E-state index in [1.807, 2.05) is 48.5 Å². The van der Waals surface area contributed by atoms with Crippen LogP contribution in [0.3, 0.4) is 0 Å². The fourth-order valence-corrected chi connectivity index (χ4v) is 5.41. The summed E-state index contributed by atoms with van der Waals surface area (Å²) in [6.07, 6.45) is 1.82. The summed E-state index contributed by atoms with van der Waals surface area (Å²) in [7, 11) is 0. The van der Waals surface area contributed by atoms with Crippen LogP contribution in [0.4, 0.5) is 10.7 Å². The number of hydrogen-bond donors (Lipinski definition) is 2. The highest BCUT2D eigenvalue weighted by Gasteiger charge is 2.31. The number of halogens is 1. The molecule has 1 aliphatic heterocycles. The number of ether oxygens (including phenoxy) is 1. The highest BCUT2D eigenvalue weighted by Crippen LogP contribution is 2.29. The Bertz CT molecular complexity index is 1560. The molecule has 0 bridgehead atoms. The normalized spacial score (nSPS) is 15.8. The predicted molar refractivity (Wildman–Crippen MR) is 171 cm³/mol. The number of fused-ring (bicyclic) bond motifs is 1. The SMILES string of the molecule is C[C@H](N(Cc1ccc2c(c1)nc(NC(=O)c1ccc(Cl)cc1)n2CC1CCCN1)C(=O)OCc1ccccc1)C(C)(C)C. The maximum Gasteiger partial charge on any atom is 0.410 e. The molecule has 4 aromatic rings. The van der Waals surface area contributed by atoms with Crippen molar-refractivity contribution >= 4 is 40.6 Å². The minimum Gasteiger partial charge on any atom is -0.445 e. The summed E-state index contributed by atoms with van der Waals surface area (Å²) in [6.45, 7) is 10.6. The Morgan fingerprint density at radius 1 is 1.09 bits per heavy atom. The molecule has 1 unspecified atom stereocenters. The topological polar surface area (TPSA) is 88.5 Å². The van der Waals surface area contributed by atoms with Crippen molar-refractivity contribution in [2.75, 3.05) is 11.9 Å². The molecule has 1 aliphatic rings. The van der Waals surface area contributed by atoms with Crippen molar-refractivity contribution in [2.45, 2.75) is 72.3 Å². The number of aromatic nitrogens is 2. The summed E-state index contributed by atoms with van der Waals surface area (Å²) in [5.74, 6) is 0.238. The molecule has 226 valence electrons. The molecule has 2 atom stereocenters. The molecule has 2 heterocycles. The van der Waals surface area contributed by atoms with Crippen LogP contribution in [0.25, 0.3) is 11.0 Å². The molecular weight excluding hydrogens is 562 g/mol. The molecule has 2 N–H and O–H groups in total. The number of amides is 2. The van der Waals surface area contributed by atoms with Gasteiger partial charge in [0.25, 0.3) is 5.91 Å². The van der Waals surface area contributed by atoms with E-state index in [0.29, 0.717) is 35.7 Å². The standard InChI is InChI=1S/C34H40ClN5O3/c1-23(34(2,3)4)39(33(42)43-22-24-9-6-5-7-10-24)20-25-12-17-30-29(19-25)37-32(40(30)21-28-11-8-18-36-28)38-31(41)26-13-15-27(35)16-14-26/h5-7,9-10,12-17,19,23,28,36H,8,11,18,20-22H2,1-4H3,(H,37,38,41)/t23-,28?/m0/s1. The van der Waals surface area contributed by atoms with Gasteiger partial charge in [0, 0.05) is 35.8 Å². The zero-order valence-corrected chi connectivity index (χ0v) is 26.0. The summed E-state index contributed by atoms with van der Waals surface area (Å²) < 4.78 is 7.83. The molecule has 0 aliphatic carbocycles. The van der Waals surface area contributed by atoms with Gasteiger partial charge in [-0.15, -0.1) is 0 Å². The highest BCUT2D eigenvalue weighted by atomic mass is 35.5. The number of nitrogens with zero attached hydrogens (tertiary/aromatic N) is 3. The monoisotopic (exact) mass is 601 g/mol. The van der Waals surface area contributed by atoms with Crippen molar-refractivity contribution in [3.63, 3.8) is 0 Å². The van der Waals surface area contributed by atoms with Gasteiger partial charge in [0.05, 0.1) is 11.0 Å². The van der Waals surface area contributed by atoms with Gasteiger partial charge in [-0.1, -0.05) is 68.8 Å². The van der Waals surface area contributed by atoms with Crippen molar-refractivity contribution in [1.29, 1.82) is 0 Å². The Labute approximate surface area is 258 Å². The second kappa shape index (κ2) is 13.2. The van der Waals surface area contributed by atoms with Crippen LogP contribution < -0.4 is 10.6 Å². The average Bonchev–Trinajstić information content (AvgIpc) is 3.62. The largest absolute Gasteiger partial charge is 0.445 e. The minimum absolute atomic E-state index is 0.0910. The van der Waals surface area contributed by atoms with Gasteiger partial charge in [-0.2, -0.15) is 0 Å². The van der Waals surface area contributed by atoms with Crippen LogP contribution in [0, 0.1) is 5.41 Å². The van der Waals surface area contributed by atoms with Crippen molar-refractivity contribution in [3.8, 4) is 0 Å². The second-order valence-electron chi connectivity index (χ2n) is 12.3. The van der Waals surface area contributed by atoms with Gasteiger partial charge in [0.2, 0.25) is 5.95 Å². The molecule has 9 heteroatoms. The van der Waals surface area contributed by atoms with Crippen LogP contribution in [0.2, 0.25) is 5.02 Å². The number of hydrogen-bond acceptors (Lipinski definition) is 5. The number of anilines is 1. The van der Waals surface area contributed by atoms with Gasteiger partial charge in [-0.05, 0) is 79.3 Å². The molecule has 0 radical (unpaired) electrons. The highest BCUT2D eigenvalue weighted by molar-refractivity contribution is 6.30. The third-order valence-electron chi connectivity index (χ3n) is 8.22. The molecule has 0 saturated carbocycles. The first kappa shape index (κ1) is 30.6. The lowest BCUT2D eigenvalue weighted by molar-refractivity contribution is 0.0540. The van der Waals surface area contributed by atoms with Crippen LogP contribution in [0.15, 0.2) is 72.8 Å². The van der Waals surface area contributed by atoms with Crippen molar-refractivity contribution in [1.82, 2.24) is 19.8 Å². The summed E-state index contributed by atoms with van der Waals surface area (Å²) in [4.78, 5) is 33.2. The molecule has 8 nitrogen and oxygen atoms in total. The second-order valence-corrected chi connectivity index (χ2v) is 12.8. The molecule has 43 heavy (non-hydrogen) atoms. The van der Waals surface area contributed by atoms with Gasteiger partial charge in [-0.25, -0.2) is 9.78 Å². The van der Waals surface area contributed by atoms with Crippen molar-refractivity contribution in [2.24, 2.45) is 5.41 Å². The zero-order chi connectivity index (χ0) is 30.6. The van der Waals surface area contributed by atoms with Crippen molar-refractivity contribution in [3.05, 3.63) is 94.5 Å². The van der Waals surface area contributed by atoms with E-state index in [4.69, 9.17) is 21.3 Å². The smallest absolute Gasteiger partial charge is 0.410 e. The number of carbonyl (C=O) groups is 2. The maximum absolute atomic E-state index is 13.4. The lowest BCUT2D eigenvalue weighted by Gasteiger charge is -2.37. The van der Waals surface area contributed by atoms with Gasteiger partial charge in [0.1, 0.15) is 6.61 Å². The summed E-state index contributed by atoms with van der Waals surface area (Å²) in [5.41, 5.74) is 3.89. The maximum atomic E-state index is 13.4. The predicted octanol–water partition coefficient (Wildman–Crippen LogP) is 7.27. The minimum atomic E-state index is -0.361. The zero-order valence-electron chi connectivity index (χ0n) is 25.3. The van der Waals surface area contributed by atoms with Gasteiger partial charge in [0.15, 0.2) is 0 Å². The van der Waals surface area contributed by atoms with E-state index >= 15 is 0 Å². The Kier molecular flexibility index (Phi) is 9.37. The molecule has 2 amide bonds. The van der Waals surface area contributed by atoms with Gasteiger partial charge in [-0.3, -0.25) is 10.1 Å². The Morgan fingerprint density at radius 3 is 2.51 bits per heavy atom. The van der Waals surface area contributed by atoms with Gasteiger partial charge < -0.3 is 19.5 Å². The number of nitrogens with one attached hydrogen (secondary N) is 2. The van der Waals surface area contributed by atoms with E-state index < -0.39 is 0 Å². The lowest BCUT2D eigenvalue weighted by Crippen LogP contribution is -2.45. The fraction of sp³-hybridized carbons (Fsp3) is 0.382. The van der Waals surface area contributed by atoms with E-state index in [0.717, 1.165) is 41.5 Å².